The maximum Gasteiger partial charge on any atom is 0.223 e. The van der Waals surface area contributed by atoms with Gasteiger partial charge in [0.2, 0.25) is 11.8 Å². The van der Waals surface area contributed by atoms with Crippen LogP contribution in [-0.2, 0) is 9.59 Å². The zero-order chi connectivity index (χ0) is 15.9. The van der Waals surface area contributed by atoms with Crippen LogP contribution in [0.5, 0.6) is 11.5 Å². The van der Waals surface area contributed by atoms with Crippen LogP contribution in [0.1, 0.15) is 26.7 Å². The van der Waals surface area contributed by atoms with E-state index in [1.54, 1.807) is 17.0 Å². The topological polar surface area (TPSA) is 67.9 Å². The van der Waals surface area contributed by atoms with E-state index < -0.39 is 0 Å². The van der Waals surface area contributed by atoms with Crippen molar-refractivity contribution in [2.24, 2.45) is 0 Å². The number of anilines is 1. The van der Waals surface area contributed by atoms with Crippen LogP contribution in [0, 0.1) is 0 Å². The lowest BCUT2D eigenvalue weighted by molar-refractivity contribution is -0.121. The fraction of sp³-hybridized carbons (Fsp3) is 0.500. The number of carbonyl (C=O) groups is 2. The fourth-order valence-corrected chi connectivity index (χ4v) is 2.29. The first-order chi connectivity index (χ1) is 10.6. The molecule has 0 saturated carbocycles. The Bertz CT molecular complexity index is 545. The van der Waals surface area contributed by atoms with Gasteiger partial charge >= 0.3 is 0 Å². The van der Waals surface area contributed by atoms with Crippen molar-refractivity contribution >= 4 is 17.5 Å². The number of fused-ring (bicyclic) bond motifs is 1. The molecule has 0 fully saturated rings. The lowest BCUT2D eigenvalue weighted by Crippen LogP contribution is -2.37. The average molecular weight is 306 g/mol. The molecule has 1 N–H and O–H groups in total. The number of nitrogens with zero attached hydrogens (tertiary/aromatic N) is 1. The van der Waals surface area contributed by atoms with Crippen LogP contribution in [0.15, 0.2) is 18.2 Å². The van der Waals surface area contributed by atoms with E-state index in [-0.39, 0.29) is 11.8 Å². The summed E-state index contributed by atoms with van der Waals surface area (Å²) < 4.78 is 11.0. The molecular weight excluding hydrogens is 284 g/mol. The van der Waals surface area contributed by atoms with Crippen LogP contribution in [-0.4, -0.2) is 38.1 Å². The summed E-state index contributed by atoms with van der Waals surface area (Å²) in [5.41, 5.74) is 0.737. The zero-order valence-electron chi connectivity index (χ0n) is 13.1. The number of ether oxygens (including phenoxy) is 2. The van der Waals surface area contributed by atoms with Gasteiger partial charge in [-0.25, -0.2) is 0 Å². The molecule has 2 rings (SSSR count). The molecule has 0 saturated heterocycles. The van der Waals surface area contributed by atoms with Crippen molar-refractivity contribution in [1.82, 2.24) is 5.32 Å². The number of amides is 2. The maximum absolute atomic E-state index is 11.9. The lowest BCUT2D eigenvalue weighted by Gasteiger charge is -2.24. The third kappa shape index (κ3) is 4.13. The van der Waals surface area contributed by atoms with E-state index in [0.29, 0.717) is 44.2 Å². The van der Waals surface area contributed by atoms with E-state index in [4.69, 9.17) is 9.47 Å². The van der Waals surface area contributed by atoms with Gasteiger partial charge in [-0.2, -0.15) is 0 Å². The Morgan fingerprint density at radius 1 is 1.23 bits per heavy atom. The zero-order valence-corrected chi connectivity index (χ0v) is 13.1. The van der Waals surface area contributed by atoms with Crippen LogP contribution in [0.4, 0.5) is 5.69 Å². The summed E-state index contributed by atoms with van der Waals surface area (Å²) >= 11 is 0. The first-order valence-corrected chi connectivity index (χ1v) is 7.56. The van der Waals surface area contributed by atoms with Crippen molar-refractivity contribution < 1.29 is 19.1 Å². The second kappa shape index (κ2) is 7.68. The molecule has 0 aromatic heterocycles. The van der Waals surface area contributed by atoms with E-state index >= 15 is 0 Å². The molecule has 1 aliphatic rings. The van der Waals surface area contributed by atoms with Gasteiger partial charge in [0.05, 0.1) is 0 Å². The monoisotopic (exact) mass is 306 g/mol. The van der Waals surface area contributed by atoms with Crippen molar-refractivity contribution in [3.05, 3.63) is 18.2 Å². The molecule has 0 spiro atoms. The van der Waals surface area contributed by atoms with Crippen LogP contribution in [0.25, 0.3) is 0 Å². The second-order valence-electron chi connectivity index (χ2n) is 5.10. The Morgan fingerprint density at radius 3 is 2.64 bits per heavy atom. The molecule has 120 valence electrons. The van der Waals surface area contributed by atoms with Gasteiger partial charge in [0.25, 0.3) is 0 Å². The molecule has 0 bridgehead atoms. The van der Waals surface area contributed by atoms with Gasteiger partial charge in [-0.05, 0) is 18.6 Å². The minimum absolute atomic E-state index is 0.00757. The molecule has 1 aromatic carbocycles. The van der Waals surface area contributed by atoms with Gasteiger partial charge in [-0.1, -0.05) is 6.92 Å². The summed E-state index contributed by atoms with van der Waals surface area (Å²) in [6.45, 7) is 5.34. The summed E-state index contributed by atoms with van der Waals surface area (Å²) in [6.07, 6.45) is 1.31. The van der Waals surface area contributed by atoms with Crippen molar-refractivity contribution in [1.29, 1.82) is 0 Å². The third-order valence-corrected chi connectivity index (χ3v) is 3.35. The molecule has 0 radical (unpaired) electrons. The number of hydrogen-bond donors (Lipinski definition) is 1. The molecule has 1 heterocycles. The Balaban J connectivity index is 2.01. The SMILES string of the molecule is CCCC(=O)NCCN(C(C)=O)c1ccc2c(c1)OCCO2. The van der Waals surface area contributed by atoms with Gasteiger partial charge in [-0.3, -0.25) is 9.59 Å². The highest BCUT2D eigenvalue weighted by atomic mass is 16.6. The predicted molar refractivity (Wildman–Crippen MR) is 83.4 cm³/mol. The van der Waals surface area contributed by atoms with Gasteiger partial charge in [0.1, 0.15) is 13.2 Å². The smallest absolute Gasteiger partial charge is 0.223 e. The number of benzene rings is 1. The third-order valence-electron chi connectivity index (χ3n) is 3.35. The van der Waals surface area contributed by atoms with Gasteiger partial charge in [0, 0.05) is 38.2 Å². The van der Waals surface area contributed by atoms with Crippen molar-refractivity contribution in [2.45, 2.75) is 26.7 Å². The average Bonchev–Trinajstić information content (AvgIpc) is 2.51. The highest BCUT2D eigenvalue weighted by Crippen LogP contribution is 2.33. The minimum Gasteiger partial charge on any atom is -0.486 e. The Morgan fingerprint density at radius 2 is 1.95 bits per heavy atom. The first kappa shape index (κ1) is 16.1. The molecule has 1 aliphatic heterocycles. The lowest BCUT2D eigenvalue weighted by atomic mass is 10.2. The van der Waals surface area contributed by atoms with Crippen molar-refractivity contribution in [3.8, 4) is 11.5 Å². The maximum atomic E-state index is 11.9. The van der Waals surface area contributed by atoms with E-state index in [0.717, 1.165) is 12.1 Å². The van der Waals surface area contributed by atoms with Crippen LogP contribution in [0.3, 0.4) is 0 Å². The molecule has 1 aromatic rings. The molecule has 0 atom stereocenters. The molecule has 6 nitrogen and oxygen atoms in total. The fourth-order valence-electron chi connectivity index (χ4n) is 2.29. The van der Waals surface area contributed by atoms with Crippen LogP contribution in [0.2, 0.25) is 0 Å². The Labute approximate surface area is 130 Å². The van der Waals surface area contributed by atoms with Gasteiger partial charge in [-0.15, -0.1) is 0 Å². The minimum atomic E-state index is -0.0820. The van der Waals surface area contributed by atoms with E-state index in [2.05, 4.69) is 5.32 Å². The molecule has 2 amide bonds. The number of hydrogen-bond acceptors (Lipinski definition) is 4. The van der Waals surface area contributed by atoms with E-state index in [1.165, 1.54) is 6.92 Å². The van der Waals surface area contributed by atoms with Crippen LogP contribution < -0.4 is 19.7 Å². The quantitative estimate of drug-likeness (QED) is 0.869. The number of rotatable bonds is 6. The molecule has 0 unspecified atom stereocenters. The highest BCUT2D eigenvalue weighted by molar-refractivity contribution is 5.92. The summed E-state index contributed by atoms with van der Waals surface area (Å²) in [4.78, 5) is 24.9. The Kier molecular flexibility index (Phi) is 5.63. The standard InChI is InChI=1S/C16H22N2O4/c1-3-4-16(20)17-7-8-18(12(2)19)13-5-6-14-15(11-13)22-10-9-21-14/h5-6,11H,3-4,7-10H2,1-2H3,(H,17,20). The van der Waals surface area contributed by atoms with Gasteiger partial charge < -0.3 is 19.7 Å². The summed E-state index contributed by atoms with van der Waals surface area (Å²) in [7, 11) is 0. The summed E-state index contributed by atoms with van der Waals surface area (Å²) in [5, 5.41) is 2.81. The summed E-state index contributed by atoms with van der Waals surface area (Å²) in [6, 6.07) is 5.42. The Hall–Kier alpha value is -2.24. The van der Waals surface area contributed by atoms with Gasteiger partial charge in [0.15, 0.2) is 11.5 Å². The largest absolute Gasteiger partial charge is 0.486 e. The van der Waals surface area contributed by atoms with E-state index in [1.807, 2.05) is 13.0 Å². The molecule has 6 heteroatoms. The second-order valence-corrected chi connectivity index (χ2v) is 5.10. The number of nitrogens with one attached hydrogen (secondary N) is 1. The highest BCUT2D eigenvalue weighted by Gasteiger charge is 2.17. The normalized spacial score (nSPS) is 12.6. The van der Waals surface area contributed by atoms with Crippen molar-refractivity contribution in [3.63, 3.8) is 0 Å². The van der Waals surface area contributed by atoms with E-state index in [9.17, 15) is 9.59 Å². The first-order valence-electron chi connectivity index (χ1n) is 7.56. The van der Waals surface area contributed by atoms with Crippen LogP contribution >= 0.6 is 0 Å². The number of carbonyl (C=O) groups excluding carboxylic acids is 2. The molecule has 0 aliphatic carbocycles. The molecular formula is C16H22N2O4. The molecule has 22 heavy (non-hydrogen) atoms. The predicted octanol–water partition coefficient (Wildman–Crippen LogP) is 1.73. The summed E-state index contributed by atoms with van der Waals surface area (Å²) in [5.74, 6) is 1.26. The van der Waals surface area contributed by atoms with Crippen molar-refractivity contribution in [2.75, 3.05) is 31.2 Å².